The smallest absolute Gasteiger partial charge is 0.309 e. The molecule has 0 bridgehead atoms. The predicted octanol–water partition coefficient (Wildman–Crippen LogP) is 6.02. The van der Waals surface area contributed by atoms with Gasteiger partial charge in [-0.3, -0.25) is 9.59 Å². The summed E-state index contributed by atoms with van der Waals surface area (Å²) in [5, 5.41) is 9.19. The topological polar surface area (TPSA) is 63.6 Å². The number of unbranched alkanes of at least 4 members (excludes halogenated alkanes) is 4. The molecule has 1 aliphatic carbocycles. The molecule has 4 heteroatoms. The van der Waals surface area contributed by atoms with Crippen LogP contribution in [0.3, 0.4) is 0 Å². The monoisotopic (exact) mass is 402 g/mol. The summed E-state index contributed by atoms with van der Waals surface area (Å²) in [6.07, 6.45) is 12.6. The van der Waals surface area contributed by atoms with E-state index < -0.39 is 11.4 Å². The van der Waals surface area contributed by atoms with Crippen molar-refractivity contribution in [2.45, 2.75) is 103 Å². The number of carboxylic acid groups (broad SMARTS) is 1. The third-order valence-electron chi connectivity index (χ3n) is 6.57. The summed E-state index contributed by atoms with van der Waals surface area (Å²) in [6, 6.07) is 6.64. The minimum absolute atomic E-state index is 0.114. The first-order chi connectivity index (χ1) is 13.8. The second kappa shape index (κ2) is 10.8. The Kier molecular flexibility index (Phi) is 8.73. The van der Waals surface area contributed by atoms with E-state index in [1.54, 1.807) is 0 Å². The fourth-order valence-electron chi connectivity index (χ4n) is 4.05. The lowest BCUT2D eigenvalue weighted by molar-refractivity contribution is -0.147. The van der Waals surface area contributed by atoms with E-state index in [9.17, 15) is 14.7 Å². The van der Waals surface area contributed by atoms with Crippen LogP contribution >= 0.6 is 0 Å². The number of aryl methyl sites for hydroxylation is 2. The van der Waals surface area contributed by atoms with Crippen LogP contribution in [-0.2, 0) is 27.2 Å². The molecule has 0 aliphatic heterocycles. The minimum atomic E-state index is -0.704. The molecule has 0 atom stereocenters. The van der Waals surface area contributed by atoms with Gasteiger partial charge in [0.25, 0.3) is 6.47 Å². The van der Waals surface area contributed by atoms with E-state index in [1.807, 2.05) is 13.8 Å². The summed E-state index contributed by atoms with van der Waals surface area (Å²) in [4.78, 5) is 21.7. The van der Waals surface area contributed by atoms with Gasteiger partial charge in [-0.15, -0.1) is 0 Å². The van der Waals surface area contributed by atoms with Gasteiger partial charge in [-0.1, -0.05) is 37.5 Å². The van der Waals surface area contributed by atoms with Crippen LogP contribution in [-0.4, -0.2) is 23.1 Å². The molecule has 29 heavy (non-hydrogen) atoms. The Balaban J connectivity index is 1.67. The second-order valence-electron chi connectivity index (χ2n) is 9.41. The molecule has 4 nitrogen and oxygen atoms in total. The third-order valence-corrected chi connectivity index (χ3v) is 6.57. The van der Waals surface area contributed by atoms with Gasteiger partial charge in [0.05, 0.1) is 5.41 Å². The molecule has 0 heterocycles. The molecule has 0 amide bonds. The van der Waals surface area contributed by atoms with Crippen LogP contribution in [0.1, 0.15) is 94.7 Å². The lowest BCUT2D eigenvalue weighted by Crippen LogP contribution is -2.23. The molecule has 1 fully saturated rings. The number of benzene rings is 1. The largest absolute Gasteiger partial charge is 0.481 e. The van der Waals surface area contributed by atoms with Gasteiger partial charge < -0.3 is 9.84 Å². The lowest BCUT2D eigenvalue weighted by Gasteiger charge is -2.18. The van der Waals surface area contributed by atoms with Crippen LogP contribution in [0.4, 0.5) is 0 Å². The summed E-state index contributed by atoms with van der Waals surface area (Å²) >= 11 is 0. The molecule has 0 spiro atoms. The molecule has 0 radical (unpaired) electrons. The third kappa shape index (κ3) is 7.49. The number of carbonyl (C=O) groups excluding carboxylic acids is 1. The van der Waals surface area contributed by atoms with Crippen molar-refractivity contribution in [1.29, 1.82) is 0 Å². The standard InChI is InChI=1S/C25H38O4/c1-20-21(11-6-4-8-15-24(2,3)23(27)28)13-10-14-22(20)12-7-5-9-16-25(17-18-25)29-19-26/h10,13-14,19H,4-9,11-12,15-18H2,1-3H3,(H,27,28). The van der Waals surface area contributed by atoms with Crippen molar-refractivity contribution in [1.82, 2.24) is 0 Å². The molecule has 1 aromatic rings. The van der Waals surface area contributed by atoms with Gasteiger partial charge in [0, 0.05) is 0 Å². The highest BCUT2D eigenvalue weighted by molar-refractivity contribution is 5.73. The molecule has 1 aromatic carbocycles. The normalized spacial score (nSPS) is 15.1. The van der Waals surface area contributed by atoms with Gasteiger partial charge in [-0.25, -0.2) is 0 Å². The molecule has 1 aliphatic rings. The maximum atomic E-state index is 11.2. The first-order valence-electron chi connectivity index (χ1n) is 11.2. The number of carboxylic acids is 1. The van der Waals surface area contributed by atoms with E-state index in [2.05, 4.69) is 25.1 Å². The highest BCUT2D eigenvalue weighted by Crippen LogP contribution is 2.43. The Hall–Kier alpha value is -1.84. The number of hydrogen-bond acceptors (Lipinski definition) is 3. The highest BCUT2D eigenvalue weighted by atomic mass is 16.5. The van der Waals surface area contributed by atoms with Crippen LogP contribution in [0, 0.1) is 12.3 Å². The van der Waals surface area contributed by atoms with Crippen molar-refractivity contribution < 1.29 is 19.4 Å². The van der Waals surface area contributed by atoms with Crippen molar-refractivity contribution >= 4 is 12.4 Å². The fourth-order valence-corrected chi connectivity index (χ4v) is 4.05. The van der Waals surface area contributed by atoms with Gasteiger partial charge in [0.1, 0.15) is 5.60 Å². The molecule has 1 saturated carbocycles. The molecule has 0 aromatic heterocycles. The Bertz CT molecular complexity index is 673. The minimum Gasteiger partial charge on any atom is -0.481 e. The van der Waals surface area contributed by atoms with Crippen molar-refractivity contribution in [3.63, 3.8) is 0 Å². The Morgan fingerprint density at radius 1 is 1.07 bits per heavy atom. The number of aliphatic carboxylic acids is 1. The van der Waals surface area contributed by atoms with Gasteiger partial charge in [0.2, 0.25) is 0 Å². The Labute approximate surface area is 176 Å². The van der Waals surface area contributed by atoms with E-state index in [-0.39, 0.29) is 5.60 Å². The van der Waals surface area contributed by atoms with Crippen LogP contribution in [0.15, 0.2) is 18.2 Å². The van der Waals surface area contributed by atoms with Crippen molar-refractivity contribution in [3.05, 3.63) is 34.9 Å². The van der Waals surface area contributed by atoms with Crippen LogP contribution in [0.25, 0.3) is 0 Å². The zero-order valence-electron chi connectivity index (χ0n) is 18.5. The predicted molar refractivity (Wildman–Crippen MR) is 116 cm³/mol. The van der Waals surface area contributed by atoms with Gasteiger partial charge in [-0.2, -0.15) is 0 Å². The Morgan fingerprint density at radius 3 is 2.17 bits per heavy atom. The molecule has 0 saturated heterocycles. The highest BCUT2D eigenvalue weighted by Gasteiger charge is 2.44. The van der Waals surface area contributed by atoms with Crippen LogP contribution < -0.4 is 0 Å². The summed E-state index contributed by atoms with van der Waals surface area (Å²) in [5.74, 6) is -0.704. The van der Waals surface area contributed by atoms with Crippen LogP contribution in [0.2, 0.25) is 0 Å². The first-order valence-corrected chi connectivity index (χ1v) is 11.2. The number of hydrogen-bond donors (Lipinski definition) is 1. The quantitative estimate of drug-likeness (QED) is 0.288. The summed E-state index contributed by atoms with van der Waals surface area (Å²) < 4.78 is 5.22. The van der Waals surface area contributed by atoms with E-state index in [0.29, 0.717) is 6.47 Å². The van der Waals surface area contributed by atoms with E-state index in [1.165, 1.54) is 29.5 Å². The maximum absolute atomic E-state index is 11.2. The molecule has 2 rings (SSSR count). The molecule has 0 unspecified atom stereocenters. The molecular weight excluding hydrogens is 364 g/mol. The average Bonchev–Trinajstić information content (AvgIpc) is 3.43. The van der Waals surface area contributed by atoms with Crippen molar-refractivity contribution in [2.75, 3.05) is 0 Å². The second-order valence-corrected chi connectivity index (χ2v) is 9.41. The Morgan fingerprint density at radius 2 is 1.66 bits per heavy atom. The van der Waals surface area contributed by atoms with Gasteiger partial charge in [-0.05, 0) is 95.2 Å². The number of ether oxygens (including phenoxy) is 1. The zero-order valence-corrected chi connectivity index (χ0v) is 18.5. The van der Waals surface area contributed by atoms with E-state index in [0.717, 1.165) is 64.2 Å². The van der Waals surface area contributed by atoms with E-state index in [4.69, 9.17) is 4.74 Å². The summed E-state index contributed by atoms with van der Waals surface area (Å²) in [6.45, 7) is 6.45. The van der Waals surface area contributed by atoms with Crippen molar-refractivity contribution in [3.8, 4) is 0 Å². The first kappa shape index (κ1) is 23.4. The molecule has 162 valence electrons. The molecular formula is C25H38O4. The number of carbonyl (C=O) groups is 2. The number of rotatable bonds is 15. The average molecular weight is 403 g/mol. The van der Waals surface area contributed by atoms with E-state index >= 15 is 0 Å². The summed E-state index contributed by atoms with van der Waals surface area (Å²) in [7, 11) is 0. The fraction of sp³-hybridized carbons (Fsp3) is 0.680. The summed E-state index contributed by atoms with van der Waals surface area (Å²) in [5.41, 5.74) is 3.56. The SMILES string of the molecule is Cc1c(CCCCCC2(OC=O)CC2)cccc1CCCCCC(C)(C)C(=O)O. The van der Waals surface area contributed by atoms with Gasteiger partial charge in [0.15, 0.2) is 0 Å². The molecule has 1 N–H and O–H groups in total. The van der Waals surface area contributed by atoms with Crippen molar-refractivity contribution in [2.24, 2.45) is 5.41 Å². The maximum Gasteiger partial charge on any atom is 0.309 e. The zero-order chi connectivity index (χ0) is 21.3. The lowest BCUT2D eigenvalue weighted by atomic mass is 9.86. The van der Waals surface area contributed by atoms with Crippen LogP contribution in [0.5, 0.6) is 0 Å². The van der Waals surface area contributed by atoms with Gasteiger partial charge >= 0.3 is 5.97 Å².